The predicted molar refractivity (Wildman–Crippen MR) is 73.3 cm³/mol. The highest BCUT2D eigenvalue weighted by Crippen LogP contribution is 2.12. The van der Waals surface area contributed by atoms with Gasteiger partial charge in [0.25, 0.3) is 0 Å². The molecule has 0 aliphatic carbocycles. The molecule has 3 N–H and O–H groups in total. The van der Waals surface area contributed by atoms with Crippen LogP contribution in [0.5, 0.6) is 0 Å². The third kappa shape index (κ3) is 4.02. The van der Waals surface area contributed by atoms with Crippen molar-refractivity contribution >= 4 is 0 Å². The van der Waals surface area contributed by atoms with Gasteiger partial charge in [-0.1, -0.05) is 30.3 Å². The monoisotopic (exact) mass is 244 g/mol. The van der Waals surface area contributed by atoms with E-state index in [-0.39, 0.29) is 6.04 Å². The van der Waals surface area contributed by atoms with Gasteiger partial charge in [0.05, 0.1) is 6.26 Å². The molecular weight excluding hydrogens is 224 g/mol. The summed E-state index contributed by atoms with van der Waals surface area (Å²) in [6, 6.07) is 14.2. The molecule has 0 fully saturated rings. The van der Waals surface area contributed by atoms with Crippen molar-refractivity contribution in [2.24, 2.45) is 5.73 Å². The number of hydrogen-bond acceptors (Lipinski definition) is 3. The van der Waals surface area contributed by atoms with Crippen LogP contribution in [0.3, 0.4) is 0 Å². The van der Waals surface area contributed by atoms with Crippen LogP contribution in [-0.4, -0.2) is 13.1 Å². The maximum Gasteiger partial charge on any atom is 0.105 e. The second-order valence-electron chi connectivity index (χ2n) is 4.39. The summed E-state index contributed by atoms with van der Waals surface area (Å²) in [4.78, 5) is 0. The highest BCUT2D eigenvalue weighted by atomic mass is 16.3. The van der Waals surface area contributed by atoms with E-state index in [9.17, 15) is 0 Å². The van der Waals surface area contributed by atoms with Gasteiger partial charge in [0.2, 0.25) is 0 Å². The molecule has 0 aliphatic heterocycles. The maximum absolute atomic E-state index is 6.11. The van der Waals surface area contributed by atoms with Gasteiger partial charge in [-0.2, -0.15) is 0 Å². The number of nitrogens with one attached hydrogen (secondary N) is 1. The van der Waals surface area contributed by atoms with Crippen LogP contribution in [0.25, 0.3) is 0 Å². The molecule has 1 heterocycles. The molecule has 96 valence electrons. The lowest BCUT2D eigenvalue weighted by atomic mass is 10.1. The van der Waals surface area contributed by atoms with Gasteiger partial charge >= 0.3 is 0 Å². The van der Waals surface area contributed by atoms with Crippen LogP contribution in [0.2, 0.25) is 0 Å². The lowest BCUT2D eigenvalue weighted by molar-refractivity contribution is 0.494. The van der Waals surface area contributed by atoms with Crippen LogP contribution < -0.4 is 11.1 Å². The SMILES string of the molecule is NC(CCNCCc1ccco1)c1ccccc1. The lowest BCUT2D eigenvalue weighted by Gasteiger charge is -2.12. The average Bonchev–Trinajstić information content (AvgIpc) is 2.92. The normalized spacial score (nSPS) is 12.5. The minimum Gasteiger partial charge on any atom is -0.469 e. The van der Waals surface area contributed by atoms with E-state index in [1.165, 1.54) is 5.56 Å². The van der Waals surface area contributed by atoms with E-state index in [0.29, 0.717) is 0 Å². The zero-order valence-electron chi connectivity index (χ0n) is 10.5. The summed E-state index contributed by atoms with van der Waals surface area (Å²) >= 11 is 0. The van der Waals surface area contributed by atoms with E-state index in [2.05, 4.69) is 17.4 Å². The maximum atomic E-state index is 6.11. The first-order valence-corrected chi connectivity index (χ1v) is 6.40. The Labute approximate surface area is 108 Å². The zero-order valence-corrected chi connectivity index (χ0v) is 10.5. The standard InChI is InChI=1S/C15H20N2O/c16-15(13-5-2-1-3-6-13)9-11-17-10-8-14-7-4-12-18-14/h1-7,12,15,17H,8-11,16H2. The van der Waals surface area contributed by atoms with Crippen LogP contribution in [0.4, 0.5) is 0 Å². The summed E-state index contributed by atoms with van der Waals surface area (Å²) in [6.07, 6.45) is 3.58. The van der Waals surface area contributed by atoms with Gasteiger partial charge in [-0.3, -0.25) is 0 Å². The Bertz CT molecular complexity index is 425. The summed E-state index contributed by atoms with van der Waals surface area (Å²) < 4.78 is 5.27. The highest BCUT2D eigenvalue weighted by molar-refractivity contribution is 5.18. The van der Waals surface area contributed by atoms with E-state index < -0.39 is 0 Å². The molecule has 0 radical (unpaired) electrons. The van der Waals surface area contributed by atoms with Gasteiger partial charge in [-0.15, -0.1) is 0 Å². The van der Waals surface area contributed by atoms with Crippen molar-refractivity contribution in [1.82, 2.24) is 5.32 Å². The Morgan fingerprint density at radius 1 is 1.06 bits per heavy atom. The summed E-state index contributed by atoms with van der Waals surface area (Å²) in [6.45, 7) is 1.85. The van der Waals surface area contributed by atoms with E-state index in [1.54, 1.807) is 6.26 Å². The van der Waals surface area contributed by atoms with Crippen LogP contribution in [0.1, 0.15) is 23.8 Å². The van der Waals surface area contributed by atoms with Crippen molar-refractivity contribution < 1.29 is 4.42 Å². The predicted octanol–water partition coefficient (Wildman–Crippen LogP) is 2.50. The summed E-state index contributed by atoms with van der Waals surface area (Å²) in [5, 5.41) is 3.38. The molecule has 2 aromatic rings. The molecule has 18 heavy (non-hydrogen) atoms. The molecule has 0 saturated carbocycles. The van der Waals surface area contributed by atoms with Crippen molar-refractivity contribution in [2.75, 3.05) is 13.1 Å². The van der Waals surface area contributed by atoms with Gasteiger partial charge in [-0.05, 0) is 30.7 Å². The van der Waals surface area contributed by atoms with E-state index in [0.717, 1.165) is 31.7 Å². The van der Waals surface area contributed by atoms with Crippen molar-refractivity contribution in [2.45, 2.75) is 18.9 Å². The molecule has 1 atom stereocenters. The number of rotatable bonds is 7. The second kappa shape index (κ2) is 6.99. The van der Waals surface area contributed by atoms with Crippen molar-refractivity contribution in [1.29, 1.82) is 0 Å². The van der Waals surface area contributed by atoms with Gasteiger partial charge in [0, 0.05) is 19.0 Å². The van der Waals surface area contributed by atoms with Gasteiger partial charge < -0.3 is 15.5 Å². The lowest BCUT2D eigenvalue weighted by Crippen LogP contribution is -2.22. The van der Waals surface area contributed by atoms with Gasteiger partial charge in [0.15, 0.2) is 0 Å². The first-order chi connectivity index (χ1) is 8.86. The van der Waals surface area contributed by atoms with Crippen molar-refractivity contribution in [3.8, 4) is 0 Å². The minimum absolute atomic E-state index is 0.113. The Balaban J connectivity index is 1.61. The number of hydrogen-bond donors (Lipinski definition) is 2. The zero-order chi connectivity index (χ0) is 12.6. The average molecular weight is 244 g/mol. The Morgan fingerprint density at radius 3 is 2.61 bits per heavy atom. The first kappa shape index (κ1) is 12.9. The van der Waals surface area contributed by atoms with Crippen LogP contribution in [-0.2, 0) is 6.42 Å². The largest absolute Gasteiger partial charge is 0.469 e. The highest BCUT2D eigenvalue weighted by Gasteiger charge is 2.04. The molecule has 3 nitrogen and oxygen atoms in total. The smallest absolute Gasteiger partial charge is 0.105 e. The number of nitrogens with two attached hydrogens (primary N) is 1. The second-order valence-corrected chi connectivity index (χ2v) is 4.39. The van der Waals surface area contributed by atoms with Gasteiger partial charge in [0.1, 0.15) is 5.76 Å². The molecule has 0 saturated heterocycles. The van der Waals surface area contributed by atoms with Gasteiger partial charge in [-0.25, -0.2) is 0 Å². The fourth-order valence-corrected chi connectivity index (χ4v) is 1.92. The number of benzene rings is 1. The summed E-state index contributed by atoms with van der Waals surface area (Å²) in [5.41, 5.74) is 7.31. The summed E-state index contributed by atoms with van der Waals surface area (Å²) in [5.74, 6) is 1.02. The molecule has 1 aromatic carbocycles. The molecule has 1 unspecified atom stereocenters. The molecule has 0 aliphatic rings. The quantitative estimate of drug-likeness (QED) is 0.736. The summed E-state index contributed by atoms with van der Waals surface area (Å²) in [7, 11) is 0. The fraction of sp³-hybridized carbons (Fsp3) is 0.333. The van der Waals surface area contributed by atoms with Crippen LogP contribution in [0.15, 0.2) is 53.1 Å². The van der Waals surface area contributed by atoms with Crippen LogP contribution in [0, 0.1) is 0 Å². The van der Waals surface area contributed by atoms with Crippen molar-refractivity contribution in [3.63, 3.8) is 0 Å². The third-order valence-corrected chi connectivity index (χ3v) is 2.99. The Morgan fingerprint density at radius 2 is 1.89 bits per heavy atom. The van der Waals surface area contributed by atoms with Crippen molar-refractivity contribution in [3.05, 3.63) is 60.1 Å². The number of furan rings is 1. The van der Waals surface area contributed by atoms with E-state index in [1.807, 2.05) is 30.3 Å². The van der Waals surface area contributed by atoms with E-state index >= 15 is 0 Å². The molecule has 0 bridgehead atoms. The topological polar surface area (TPSA) is 51.2 Å². The third-order valence-electron chi connectivity index (χ3n) is 2.99. The molecule has 1 aromatic heterocycles. The van der Waals surface area contributed by atoms with E-state index in [4.69, 9.17) is 10.2 Å². The first-order valence-electron chi connectivity index (χ1n) is 6.40. The molecule has 0 spiro atoms. The minimum atomic E-state index is 0.113. The Hall–Kier alpha value is -1.58. The molecule has 0 amide bonds. The fourth-order valence-electron chi connectivity index (χ4n) is 1.92. The van der Waals surface area contributed by atoms with Crippen LogP contribution >= 0.6 is 0 Å². The molecule has 3 heteroatoms. The Kier molecular flexibility index (Phi) is 5.00. The molecular formula is C15H20N2O. The molecule has 2 rings (SSSR count).